The van der Waals surface area contributed by atoms with Crippen molar-refractivity contribution in [3.63, 3.8) is 0 Å². The molecule has 0 saturated carbocycles. The summed E-state index contributed by atoms with van der Waals surface area (Å²) in [7, 11) is 3.74. The third-order valence-corrected chi connectivity index (χ3v) is 5.88. The van der Waals surface area contributed by atoms with Crippen molar-refractivity contribution in [2.75, 3.05) is 53.7 Å². The van der Waals surface area contributed by atoms with Crippen molar-refractivity contribution < 1.29 is 14.2 Å². The van der Waals surface area contributed by atoms with Crippen LogP contribution < -0.4 is 15.0 Å². The molecule has 2 aliphatic heterocycles. The number of pyridine rings is 1. The molecule has 1 unspecified atom stereocenters. The maximum absolute atomic E-state index is 13.2. The van der Waals surface area contributed by atoms with Gasteiger partial charge < -0.3 is 24.1 Å². The first kappa shape index (κ1) is 19.9. The van der Waals surface area contributed by atoms with E-state index in [1.807, 2.05) is 12.1 Å². The summed E-state index contributed by atoms with van der Waals surface area (Å²) in [6.45, 7) is 4.58. The second kappa shape index (κ2) is 8.25. The van der Waals surface area contributed by atoms with Crippen LogP contribution in [0.15, 0.2) is 23.0 Å². The molecule has 2 aromatic heterocycles. The zero-order valence-electron chi connectivity index (χ0n) is 17.6. The molecular weight excluding hydrogens is 402 g/mol. The van der Waals surface area contributed by atoms with Crippen LogP contribution in [0.4, 0.5) is 0 Å². The number of likely N-dealkylation sites (N-methyl/N-ethyl adjacent to an activating group) is 1. The molecule has 4 heterocycles. The molecule has 5 rings (SSSR count). The smallest absolute Gasteiger partial charge is 0.253 e. The number of methoxy groups -OCH3 is 1. The molecule has 1 fully saturated rings. The van der Waals surface area contributed by atoms with E-state index >= 15 is 0 Å². The standard InChI is InChI=1S/C20H25N7O4/c1-25-3-5-26(6-4-25)18(19-22-23-24-27(19)7-8-29-2)14-9-13-10-16-17(31-12-30-16)11-15(13)21-20(14)28/h9-11,18H,3-8,12H2,1-2H3,(H,21,28). The highest BCUT2D eigenvalue weighted by atomic mass is 16.7. The Bertz CT molecular complexity index is 1140. The van der Waals surface area contributed by atoms with E-state index in [1.54, 1.807) is 17.9 Å². The molecule has 1 saturated heterocycles. The van der Waals surface area contributed by atoms with Crippen molar-refractivity contribution in [3.8, 4) is 11.5 Å². The number of benzene rings is 1. The minimum Gasteiger partial charge on any atom is -0.454 e. The highest BCUT2D eigenvalue weighted by molar-refractivity contribution is 5.83. The van der Waals surface area contributed by atoms with Crippen molar-refractivity contribution in [1.29, 1.82) is 0 Å². The predicted octanol–water partition coefficient (Wildman–Crippen LogP) is 0.227. The lowest BCUT2D eigenvalue weighted by atomic mass is 10.0. The molecule has 0 spiro atoms. The summed E-state index contributed by atoms with van der Waals surface area (Å²) < 4.78 is 17.9. The van der Waals surface area contributed by atoms with Gasteiger partial charge in [-0.2, -0.15) is 0 Å². The Morgan fingerprint density at radius 2 is 1.94 bits per heavy atom. The second-order valence-electron chi connectivity index (χ2n) is 7.84. The molecule has 3 aromatic rings. The van der Waals surface area contributed by atoms with Crippen molar-refractivity contribution >= 4 is 10.9 Å². The Morgan fingerprint density at radius 1 is 1.16 bits per heavy atom. The minimum atomic E-state index is -0.376. The first-order valence-electron chi connectivity index (χ1n) is 10.3. The fraction of sp³-hybridized carbons (Fsp3) is 0.500. The molecule has 2 aliphatic rings. The maximum Gasteiger partial charge on any atom is 0.253 e. The summed E-state index contributed by atoms with van der Waals surface area (Å²) in [6, 6.07) is 5.23. The molecule has 0 aliphatic carbocycles. The van der Waals surface area contributed by atoms with Crippen LogP contribution in [-0.2, 0) is 11.3 Å². The molecule has 0 amide bonds. The number of ether oxygens (including phenoxy) is 3. The summed E-state index contributed by atoms with van der Waals surface area (Å²) in [4.78, 5) is 20.8. The molecule has 164 valence electrons. The molecule has 11 heteroatoms. The fourth-order valence-corrected chi connectivity index (χ4v) is 4.14. The normalized spacial score (nSPS) is 18.0. The minimum absolute atomic E-state index is 0.170. The van der Waals surface area contributed by atoms with Gasteiger partial charge in [0.15, 0.2) is 17.3 Å². The number of nitrogens with zero attached hydrogens (tertiary/aromatic N) is 6. The summed E-state index contributed by atoms with van der Waals surface area (Å²) in [5.74, 6) is 1.94. The van der Waals surface area contributed by atoms with E-state index in [2.05, 4.69) is 37.4 Å². The van der Waals surface area contributed by atoms with Gasteiger partial charge in [0.25, 0.3) is 5.56 Å². The van der Waals surface area contributed by atoms with Crippen molar-refractivity contribution in [1.82, 2.24) is 35.0 Å². The van der Waals surface area contributed by atoms with E-state index in [0.717, 1.165) is 31.6 Å². The zero-order chi connectivity index (χ0) is 21.4. The van der Waals surface area contributed by atoms with Crippen LogP contribution in [0, 0.1) is 0 Å². The molecule has 0 radical (unpaired) electrons. The summed E-state index contributed by atoms with van der Waals surface area (Å²) in [6.07, 6.45) is 0. The second-order valence-corrected chi connectivity index (χ2v) is 7.84. The molecule has 1 N–H and O–H groups in total. The first-order chi connectivity index (χ1) is 15.1. The molecular formula is C20H25N7O4. The van der Waals surface area contributed by atoms with Crippen molar-refractivity contribution in [2.24, 2.45) is 0 Å². The van der Waals surface area contributed by atoms with Gasteiger partial charge in [-0.05, 0) is 29.6 Å². The number of hydrogen-bond donors (Lipinski definition) is 1. The Labute approximate surface area is 178 Å². The van der Waals surface area contributed by atoms with Crippen LogP contribution in [0.5, 0.6) is 11.5 Å². The molecule has 1 atom stereocenters. The average Bonchev–Trinajstić information content (AvgIpc) is 3.41. The molecule has 0 bridgehead atoms. The number of H-pyrrole nitrogens is 1. The van der Waals surface area contributed by atoms with Gasteiger partial charge in [-0.1, -0.05) is 0 Å². The van der Waals surface area contributed by atoms with Crippen LogP contribution in [0.2, 0.25) is 0 Å². The van der Waals surface area contributed by atoms with Gasteiger partial charge in [0.05, 0.1) is 18.7 Å². The summed E-state index contributed by atoms with van der Waals surface area (Å²) in [5, 5.41) is 13.2. The Morgan fingerprint density at radius 3 is 2.71 bits per heavy atom. The third kappa shape index (κ3) is 3.75. The van der Waals surface area contributed by atoms with Gasteiger partial charge in [0.2, 0.25) is 6.79 Å². The van der Waals surface area contributed by atoms with Crippen molar-refractivity contribution in [3.05, 3.63) is 39.9 Å². The SMILES string of the molecule is COCCn1nnnc1C(c1cc2cc3c(cc2[nH]c1=O)OCO3)N1CCN(C)CC1. The lowest BCUT2D eigenvalue weighted by molar-refractivity contribution is 0.119. The summed E-state index contributed by atoms with van der Waals surface area (Å²) in [5.41, 5.74) is 1.13. The molecule has 1 aromatic carbocycles. The van der Waals surface area contributed by atoms with Gasteiger partial charge >= 0.3 is 0 Å². The Balaban J connectivity index is 1.61. The monoisotopic (exact) mass is 427 g/mol. The van der Waals surface area contributed by atoms with Crippen LogP contribution in [0.25, 0.3) is 10.9 Å². The first-order valence-corrected chi connectivity index (χ1v) is 10.3. The van der Waals surface area contributed by atoms with Gasteiger partial charge in [-0.15, -0.1) is 5.10 Å². The van der Waals surface area contributed by atoms with E-state index in [0.29, 0.717) is 41.6 Å². The number of tetrazole rings is 1. The predicted molar refractivity (Wildman–Crippen MR) is 111 cm³/mol. The number of piperazine rings is 1. The van der Waals surface area contributed by atoms with Gasteiger partial charge in [0, 0.05) is 50.3 Å². The highest BCUT2D eigenvalue weighted by Crippen LogP contribution is 2.36. The van der Waals surface area contributed by atoms with Crippen molar-refractivity contribution in [2.45, 2.75) is 12.6 Å². The lowest BCUT2D eigenvalue weighted by Gasteiger charge is -2.37. The zero-order valence-corrected chi connectivity index (χ0v) is 17.6. The topological polar surface area (TPSA) is 111 Å². The number of nitrogens with one attached hydrogen (secondary N) is 1. The van der Waals surface area contributed by atoms with Crippen LogP contribution in [0.1, 0.15) is 17.4 Å². The highest BCUT2D eigenvalue weighted by Gasteiger charge is 2.32. The maximum atomic E-state index is 13.2. The van der Waals surface area contributed by atoms with Gasteiger partial charge in [0.1, 0.15) is 6.04 Å². The average molecular weight is 427 g/mol. The van der Waals surface area contributed by atoms with Crippen LogP contribution >= 0.6 is 0 Å². The summed E-state index contributed by atoms with van der Waals surface area (Å²) >= 11 is 0. The Hall–Kier alpha value is -3.02. The number of aromatic nitrogens is 5. The quantitative estimate of drug-likeness (QED) is 0.591. The molecule has 31 heavy (non-hydrogen) atoms. The van der Waals surface area contributed by atoms with E-state index in [-0.39, 0.29) is 18.4 Å². The van der Waals surface area contributed by atoms with E-state index < -0.39 is 0 Å². The lowest BCUT2D eigenvalue weighted by Crippen LogP contribution is -2.47. The third-order valence-electron chi connectivity index (χ3n) is 5.88. The number of rotatable bonds is 6. The molecule has 11 nitrogen and oxygen atoms in total. The van der Waals surface area contributed by atoms with E-state index in [9.17, 15) is 4.79 Å². The van der Waals surface area contributed by atoms with Crippen LogP contribution in [-0.4, -0.2) is 88.7 Å². The van der Waals surface area contributed by atoms with E-state index in [1.165, 1.54) is 0 Å². The number of hydrogen-bond acceptors (Lipinski definition) is 9. The fourth-order valence-electron chi connectivity index (χ4n) is 4.14. The number of aromatic amines is 1. The Kier molecular flexibility index (Phi) is 5.30. The van der Waals surface area contributed by atoms with Gasteiger partial charge in [-0.25, -0.2) is 4.68 Å². The van der Waals surface area contributed by atoms with E-state index in [4.69, 9.17) is 14.2 Å². The van der Waals surface area contributed by atoms with Crippen LogP contribution in [0.3, 0.4) is 0 Å². The number of fused-ring (bicyclic) bond motifs is 2. The van der Waals surface area contributed by atoms with Gasteiger partial charge in [-0.3, -0.25) is 9.69 Å². The largest absolute Gasteiger partial charge is 0.454 e.